The number of carbonyl (C=O) groups excluding carboxylic acids is 1. The third kappa shape index (κ3) is 5.77. The smallest absolute Gasteiger partial charge is 0.232 e. The Hall–Kier alpha value is -1.98. The minimum atomic E-state index is -0.0259. The number of benzene rings is 1. The second-order valence-corrected chi connectivity index (χ2v) is 5.35. The van der Waals surface area contributed by atoms with Crippen LogP contribution in [0.1, 0.15) is 18.4 Å². The van der Waals surface area contributed by atoms with Gasteiger partial charge in [0.1, 0.15) is 0 Å². The molecule has 1 rings (SSSR count). The number of aryl methyl sites for hydroxylation is 1. The molecule has 104 valence electrons. The van der Waals surface area contributed by atoms with Crippen LogP contribution in [0.4, 0.5) is 0 Å². The summed E-state index contributed by atoms with van der Waals surface area (Å²) in [5, 5.41) is 17.2. The molecular formula is C15H17N3OS. The van der Waals surface area contributed by atoms with E-state index in [4.69, 9.17) is 10.5 Å². The number of hydrogen-bond acceptors (Lipinski definition) is 4. The quantitative estimate of drug-likeness (QED) is 0.723. The maximum atomic E-state index is 12.1. The molecule has 0 unspecified atom stereocenters. The van der Waals surface area contributed by atoms with Gasteiger partial charge in [0.2, 0.25) is 5.91 Å². The predicted octanol–water partition coefficient (Wildman–Crippen LogP) is 2.74. The summed E-state index contributed by atoms with van der Waals surface area (Å²) in [6.07, 6.45) is 0.596. The van der Waals surface area contributed by atoms with Crippen molar-refractivity contribution in [3.05, 3.63) is 29.8 Å². The Bertz CT molecular complexity index is 513. The summed E-state index contributed by atoms with van der Waals surface area (Å²) in [6.45, 7) is 2.80. The van der Waals surface area contributed by atoms with Crippen molar-refractivity contribution in [3.8, 4) is 12.1 Å². The minimum Gasteiger partial charge on any atom is -0.340 e. The van der Waals surface area contributed by atoms with E-state index in [1.807, 2.05) is 43.3 Å². The van der Waals surface area contributed by atoms with Crippen LogP contribution >= 0.6 is 11.8 Å². The zero-order valence-corrected chi connectivity index (χ0v) is 12.3. The lowest BCUT2D eigenvalue weighted by molar-refractivity contribution is -0.128. The van der Waals surface area contributed by atoms with Crippen molar-refractivity contribution in [2.24, 2.45) is 0 Å². The van der Waals surface area contributed by atoms with Gasteiger partial charge in [-0.3, -0.25) is 4.79 Å². The van der Waals surface area contributed by atoms with Crippen molar-refractivity contribution in [2.75, 3.05) is 18.8 Å². The molecule has 1 aromatic rings. The normalized spacial score (nSPS) is 9.55. The van der Waals surface area contributed by atoms with Crippen LogP contribution in [0.15, 0.2) is 29.2 Å². The number of carbonyl (C=O) groups is 1. The van der Waals surface area contributed by atoms with Crippen LogP contribution in [0.5, 0.6) is 0 Å². The Morgan fingerprint density at radius 1 is 1.25 bits per heavy atom. The first-order valence-electron chi connectivity index (χ1n) is 6.38. The summed E-state index contributed by atoms with van der Waals surface area (Å²) in [4.78, 5) is 14.7. The third-order valence-electron chi connectivity index (χ3n) is 2.69. The number of amides is 1. The lowest BCUT2D eigenvalue weighted by Gasteiger charge is -2.20. The van der Waals surface area contributed by atoms with Crippen LogP contribution in [0.2, 0.25) is 0 Å². The molecule has 0 spiro atoms. The van der Waals surface area contributed by atoms with E-state index in [2.05, 4.69) is 0 Å². The van der Waals surface area contributed by atoms with Crippen molar-refractivity contribution in [1.82, 2.24) is 4.90 Å². The zero-order valence-electron chi connectivity index (χ0n) is 11.5. The standard InChI is InChI=1S/C15H17N3OS/c1-13-5-2-6-14(11-13)20-12-15(19)18(9-3-7-16)10-4-8-17/h2,5-6,11H,3-4,9-10,12H2,1H3. The lowest BCUT2D eigenvalue weighted by atomic mass is 10.2. The largest absolute Gasteiger partial charge is 0.340 e. The lowest BCUT2D eigenvalue weighted by Crippen LogP contribution is -2.34. The van der Waals surface area contributed by atoms with Crippen LogP contribution < -0.4 is 0 Å². The fourth-order valence-corrected chi connectivity index (χ4v) is 2.59. The van der Waals surface area contributed by atoms with Crippen LogP contribution in [-0.4, -0.2) is 29.6 Å². The van der Waals surface area contributed by atoms with Crippen molar-refractivity contribution < 1.29 is 4.79 Å². The SMILES string of the molecule is Cc1cccc(SCC(=O)N(CCC#N)CCC#N)c1. The summed E-state index contributed by atoms with van der Waals surface area (Å²) < 4.78 is 0. The number of nitrogens with zero attached hydrogens (tertiary/aromatic N) is 3. The van der Waals surface area contributed by atoms with Crippen LogP contribution in [0, 0.1) is 29.6 Å². The highest BCUT2D eigenvalue weighted by Crippen LogP contribution is 2.19. The van der Waals surface area contributed by atoms with Crippen LogP contribution in [-0.2, 0) is 4.79 Å². The Morgan fingerprint density at radius 2 is 1.90 bits per heavy atom. The average molecular weight is 287 g/mol. The summed E-state index contributed by atoms with van der Waals surface area (Å²) >= 11 is 1.48. The van der Waals surface area contributed by atoms with Crippen LogP contribution in [0.3, 0.4) is 0 Å². The topological polar surface area (TPSA) is 67.9 Å². The molecule has 0 saturated heterocycles. The van der Waals surface area contributed by atoms with Gasteiger partial charge in [0.15, 0.2) is 0 Å². The highest BCUT2D eigenvalue weighted by atomic mass is 32.2. The first-order chi connectivity index (χ1) is 9.67. The van der Waals surface area contributed by atoms with Gasteiger partial charge < -0.3 is 4.90 Å². The van der Waals surface area contributed by atoms with Crippen molar-refractivity contribution in [3.63, 3.8) is 0 Å². The Kier molecular flexibility index (Phi) is 7.24. The van der Waals surface area contributed by atoms with Gasteiger partial charge in [0, 0.05) is 18.0 Å². The monoisotopic (exact) mass is 287 g/mol. The van der Waals surface area contributed by atoms with E-state index in [0.29, 0.717) is 31.7 Å². The molecule has 1 amide bonds. The minimum absolute atomic E-state index is 0.0259. The van der Waals surface area contributed by atoms with Gasteiger partial charge in [-0.25, -0.2) is 0 Å². The summed E-state index contributed by atoms with van der Waals surface area (Å²) in [5.41, 5.74) is 1.16. The van der Waals surface area contributed by atoms with E-state index in [0.717, 1.165) is 10.5 Å². The Labute approximate surface area is 124 Å². The molecule has 0 fully saturated rings. The molecule has 1 aromatic carbocycles. The maximum absolute atomic E-state index is 12.1. The van der Waals surface area contributed by atoms with E-state index in [9.17, 15) is 4.79 Å². The fourth-order valence-electron chi connectivity index (χ4n) is 1.67. The molecule has 0 aliphatic carbocycles. The predicted molar refractivity (Wildman–Crippen MR) is 78.9 cm³/mol. The molecule has 0 heterocycles. The van der Waals surface area contributed by atoms with Gasteiger partial charge in [-0.1, -0.05) is 17.7 Å². The van der Waals surface area contributed by atoms with Crippen LogP contribution in [0.25, 0.3) is 0 Å². The molecule has 5 heteroatoms. The zero-order chi connectivity index (χ0) is 14.8. The number of thioether (sulfide) groups is 1. The summed E-state index contributed by atoms with van der Waals surface area (Å²) in [7, 11) is 0. The highest BCUT2D eigenvalue weighted by Gasteiger charge is 2.13. The van der Waals surface area contributed by atoms with Gasteiger partial charge in [0.05, 0.1) is 30.7 Å². The van der Waals surface area contributed by atoms with E-state index >= 15 is 0 Å². The van der Waals surface area contributed by atoms with Gasteiger partial charge >= 0.3 is 0 Å². The van der Waals surface area contributed by atoms with Crippen molar-refractivity contribution in [1.29, 1.82) is 10.5 Å². The van der Waals surface area contributed by atoms with E-state index < -0.39 is 0 Å². The molecule has 0 aliphatic rings. The Balaban J connectivity index is 2.53. The molecule has 0 bridgehead atoms. The molecule has 20 heavy (non-hydrogen) atoms. The Morgan fingerprint density at radius 3 is 2.45 bits per heavy atom. The highest BCUT2D eigenvalue weighted by molar-refractivity contribution is 8.00. The van der Waals surface area contributed by atoms with E-state index in [1.54, 1.807) is 4.90 Å². The molecular weight excluding hydrogens is 270 g/mol. The molecule has 0 aliphatic heterocycles. The van der Waals surface area contributed by atoms with Crippen molar-refractivity contribution >= 4 is 17.7 Å². The molecule has 0 N–H and O–H groups in total. The molecule has 0 saturated carbocycles. The second kappa shape index (κ2) is 9.01. The summed E-state index contributed by atoms with van der Waals surface area (Å²) in [5.74, 6) is 0.308. The average Bonchev–Trinajstić information content (AvgIpc) is 2.45. The van der Waals surface area contributed by atoms with Gasteiger partial charge in [-0.05, 0) is 19.1 Å². The number of rotatable bonds is 7. The fraction of sp³-hybridized carbons (Fsp3) is 0.400. The summed E-state index contributed by atoms with van der Waals surface area (Å²) in [6, 6.07) is 12.0. The van der Waals surface area contributed by atoms with E-state index in [1.165, 1.54) is 11.8 Å². The third-order valence-corrected chi connectivity index (χ3v) is 3.67. The molecule has 4 nitrogen and oxygen atoms in total. The second-order valence-electron chi connectivity index (χ2n) is 4.30. The number of hydrogen-bond donors (Lipinski definition) is 0. The van der Waals surface area contributed by atoms with Crippen molar-refractivity contribution in [2.45, 2.75) is 24.7 Å². The van der Waals surface area contributed by atoms with Gasteiger partial charge in [0.25, 0.3) is 0 Å². The van der Waals surface area contributed by atoms with Gasteiger partial charge in [-0.2, -0.15) is 10.5 Å². The van der Waals surface area contributed by atoms with E-state index in [-0.39, 0.29) is 5.91 Å². The van der Waals surface area contributed by atoms with Gasteiger partial charge in [-0.15, -0.1) is 11.8 Å². The number of nitriles is 2. The maximum Gasteiger partial charge on any atom is 0.232 e. The first kappa shape index (κ1) is 16.1. The molecule has 0 aromatic heterocycles. The molecule has 0 radical (unpaired) electrons. The molecule has 0 atom stereocenters. The first-order valence-corrected chi connectivity index (χ1v) is 7.37.